The number of nitrogens with one attached hydrogen (secondary N) is 3. The molecule has 28 heavy (non-hydrogen) atoms. The second kappa shape index (κ2) is 10.2. The number of urea groups is 1. The molecular formula is C19H31N3O5S. The van der Waals surface area contributed by atoms with Gasteiger partial charge in [0.1, 0.15) is 6.10 Å². The van der Waals surface area contributed by atoms with Crippen molar-refractivity contribution in [3.63, 3.8) is 0 Å². The standard InChI is InChI=1S/C19H31N3O5S/c1-13(2)21-19(24)22-17-9-6-15(27-18(17)12-23)10-11-20-28(25,26)16-7-4-14(3)5-8-16/h4-5,7-8,13,15,17-18,20,23H,6,9-12H2,1-3H3,(H2,21,22,24)/t15-,17+,18-/m1/s1. The van der Waals surface area contributed by atoms with Crippen LogP contribution in [0.25, 0.3) is 0 Å². The van der Waals surface area contributed by atoms with E-state index in [1.807, 2.05) is 20.8 Å². The summed E-state index contributed by atoms with van der Waals surface area (Å²) in [6.45, 7) is 5.67. The lowest BCUT2D eigenvalue weighted by atomic mass is 9.97. The number of carbonyl (C=O) groups is 1. The highest BCUT2D eigenvalue weighted by Crippen LogP contribution is 2.22. The molecule has 8 nitrogen and oxygen atoms in total. The fourth-order valence-electron chi connectivity index (χ4n) is 3.14. The molecule has 0 radical (unpaired) electrons. The van der Waals surface area contributed by atoms with Gasteiger partial charge in [-0.1, -0.05) is 17.7 Å². The fourth-order valence-corrected chi connectivity index (χ4v) is 4.18. The highest BCUT2D eigenvalue weighted by atomic mass is 32.2. The maximum atomic E-state index is 12.3. The Balaban J connectivity index is 1.81. The molecule has 1 aromatic rings. The topological polar surface area (TPSA) is 117 Å². The summed E-state index contributed by atoms with van der Waals surface area (Å²) in [7, 11) is -3.56. The van der Waals surface area contributed by atoms with Crippen LogP contribution >= 0.6 is 0 Å². The maximum absolute atomic E-state index is 12.3. The lowest BCUT2D eigenvalue weighted by Gasteiger charge is -2.36. The summed E-state index contributed by atoms with van der Waals surface area (Å²) >= 11 is 0. The molecule has 0 unspecified atom stereocenters. The summed E-state index contributed by atoms with van der Waals surface area (Å²) in [5, 5.41) is 15.2. The van der Waals surface area contributed by atoms with Crippen LogP contribution in [0.15, 0.2) is 29.2 Å². The molecule has 1 aromatic carbocycles. The first kappa shape index (κ1) is 22.6. The van der Waals surface area contributed by atoms with Crippen LogP contribution in [-0.2, 0) is 14.8 Å². The van der Waals surface area contributed by atoms with E-state index < -0.39 is 16.1 Å². The predicted octanol–water partition coefficient (Wildman–Crippen LogP) is 1.28. The van der Waals surface area contributed by atoms with Crippen LogP contribution in [0.1, 0.15) is 38.7 Å². The number of amides is 2. The number of aliphatic hydroxyl groups excluding tert-OH is 1. The molecule has 0 spiro atoms. The number of ether oxygens (including phenoxy) is 1. The maximum Gasteiger partial charge on any atom is 0.315 e. The molecular weight excluding hydrogens is 382 g/mol. The van der Waals surface area contributed by atoms with Crippen molar-refractivity contribution in [1.29, 1.82) is 0 Å². The third-order valence-electron chi connectivity index (χ3n) is 4.62. The van der Waals surface area contributed by atoms with Gasteiger partial charge >= 0.3 is 6.03 Å². The minimum absolute atomic E-state index is 0.0198. The van der Waals surface area contributed by atoms with Crippen molar-refractivity contribution in [2.24, 2.45) is 0 Å². The first-order chi connectivity index (χ1) is 13.2. The normalized spacial score (nSPS) is 22.8. The number of benzene rings is 1. The summed E-state index contributed by atoms with van der Waals surface area (Å²) in [6, 6.07) is 6.13. The second-order valence-electron chi connectivity index (χ2n) is 7.43. The Morgan fingerprint density at radius 3 is 2.54 bits per heavy atom. The van der Waals surface area contributed by atoms with Gasteiger partial charge in [0.2, 0.25) is 10.0 Å². The van der Waals surface area contributed by atoms with Gasteiger partial charge in [0, 0.05) is 12.6 Å². The largest absolute Gasteiger partial charge is 0.394 e. The smallest absolute Gasteiger partial charge is 0.315 e. The molecule has 3 atom stereocenters. The lowest BCUT2D eigenvalue weighted by molar-refractivity contribution is -0.0886. The van der Waals surface area contributed by atoms with E-state index in [-0.39, 0.29) is 42.3 Å². The number of sulfonamides is 1. The lowest BCUT2D eigenvalue weighted by Crippen LogP contribution is -2.54. The molecule has 1 heterocycles. The molecule has 0 aliphatic carbocycles. The summed E-state index contributed by atoms with van der Waals surface area (Å²) < 4.78 is 33.1. The summed E-state index contributed by atoms with van der Waals surface area (Å²) in [4.78, 5) is 12.1. The van der Waals surface area contributed by atoms with E-state index in [4.69, 9.17) is 4.74 Å². The van der Waals surface area contributed by atoms with Gasteiger partial charge < -0.3 is 20.5 Å². The van der Waals surface area contributed by atoms with Crippen LogP contribution in [0.3, 0.4) is 0 Å². The van der Waals surface area contributed by atoms with Gasteiger partial charge in [0.15, 0.2) is 0 Å². The van der Waals surface area contributed by atoms with E-state index in [2.05, 4.69) is 15.4 Å². The van der Waals surface area contributed by atoms with Crippen molar-refractivity contribution >= 4 is 16.1 Å². The summed E-state index contributed by atoms with van der Waals surface area (Å²) in [5.41, 5.74) is 0.995. The third kappa shape index (κ3) is 6.73. The van der Waals surface area contributed by atoms with E-state index in [1.165, 1.54) is 0 Å². The SMILES string of the molecule is Cc1ccc(S(=O)(=O)NCC[C@H]2CC[C@H](NC(=O)NC(C)C)[C@@H](CO)O2)cc1. The van der Waals surface area contributed by atoms with Gasteiger partial charge in [-0.25, -0.2) is 17.9 Å². The van der Waals surface area contributed by atoms with Crippen molar-refractivity contribution in [1.82, 2.24) is 15.4 Å². The van der Waals surface area contributed by atoms with Crippen LogP contribution in [0.2, 0.25) is 0 Å². The number of carbonyl (C=O) groups excluding carboxylic acids is 1. The van der Waals surface area contributed by atoms with Gasteiger partial charge in [0.05, 0.1) is 23.6 Å². The van der Waals surface area contributed by atoms with Crippen molar-refractivity contribution in [3.8, 4) is 0 Å². The predicted molar refractivity (Wildman–Crippen MR) is 107 cm³/mol. The third-order valence-corrected chi connectivity index (χ3v) is 6.10. The molecule has 158 valence electrons. The monoisotopic (exact) mass is 413 g/mol. The zero-order valence-electron chi connectivity index (χ0n) is 16.6. The fraction of sp³-hybridized carbons (Fsp3) is 0.632. The number of hydrogen-bond acceptors (Lipinski definition) is 5. The number of rotatable bonds is 8. The molecule has 1 fully saturated rings. The Hall–Kier alpha value is -1.68. The minimum atomic E-state index is -3.56. The average molecular weight is 414 g/mol. The Labute approximate surface area is 167 Å². The first-order valence-corrected chi connectivity index (χ1v) is 11.1. The molecule has 0 saturated carbocycles. The molecule has 2 amide bonds. The highest BCUT2D eigenvalue weighted by molar-refractivity contribution is 7.89. The molecule has 2 rings (SSSR count). The molecule has 0 bridgehead atoms. The van der Waals surface area contributed by atoms with Crippen LogP contribution in [0, 0.1) is 6.92 Å². The number of hydrogen-bond donors (Lipinski definition) is 4. The quantitative estimate of drug-likeness (QED) is 0.512. The zero-order chi connectivity index (χ0) is 20.7. The van der Waals surface area contributed by atoms with E-state index in [0.717, 1.165) is 5.56 Å². The Morgan fingerprint density at radius 1 is 1.25 bits per heavy atom. The molecule has 1 aliphatic heterocycles. The zero-order valence-corrected chi connectivity index (χ0v) is 17.5. The Bertz CT molecular complexity index is 736. The van der Waals surface area contributed by atoms with Gasteiger partial charge in [0.25, 0.3) is 0 Å². The van der Waals surface area contributed by atoms with Gasteiger partial charge in [-0.15, -0.1) is 0 Å². The van der Waals surface area contributed by atoms with Crippen LogP contribution in [0.5, 0.6) is 0 Å². The second-order valence-corrected chi connectivity index (χ2v) is 9.20. The van der Waals surface area contributed by atoms with Crippen LogP contribution < -0.4 is 15.4 Å². The summed E-state index contributed by atoms with van der Waals surface area (Å²) in [6.07, 6.45) is 1.14. The first-order valence-electron chi connectivity index (χ1n) is 9.61. The molecule has 0 aromatic heterocycles. The van der Waals surface area contributed by atoms with Crippen LogP contribution in [-0.4, -0.2) is 57.0 Å². The molecule has 1 aliphatic rings. The van der Waals surface area contributed by atoms with Gasteiger partial charge in [-0.05, 0) is 52.2 Å². The molecule has 1 saturated heterocycles. The van der Waals surface area contributed by atoms with Crippen molar-refractivity contribution in [3.05, 3.63) is 29.8 Å². The van der Waals surface area contributed by atoms with E-state index >= 15 is 0 Å². The average Bonchev–Trinajstić information content (AvgIpc) is 2.62. The van der Waals surface area contributed by atoms with Crippen molar-refractivity contribution in [2.75, 3.05) is 13.2 Å². The Kier molecular flexibility index (Phi) is 8.23. The summed E-state index contributed by atoms with van der Waals surface area (Å²) in [5.74, 6) is 0. The highest BCUT2D eigenvalue weighted by Gasteiger charge is 2.32. The number of aryl methyl sites for hydroxylation is 1. The van der Waals surface area contributed by atoms with Crippen molar-refractivity contribution in [2.45, 2.75) is 69.2 Å². The van der Waals surface area contributed by atoms with Gasteiger partial charge in [-0.3, -0.25) is 0 Å². The minimum Gasteiger partial charge on any atom is -0.394 e. The van der Waals surface area contributed by atoms with E-state index in [0.29, 0.717) is 19.3 Å². The molecule has 9 heteroatoms. The molecule has 4 N–H and O–H groups in total. The van der Waals surface area contributed by atoms with E-state index in [1.54, 1.807) is 24.3 Å². The van der Waals surface area contributed by atoms with E-state index in [9.17, 15) is 18.3 Å². The van der Waals surface area contributed by atoms with Crippen LogP contribution in [0.4, 0.5) is 4.79 Å². The Morgan fingerprint density at radius 2 is 1.93 bits per heavy atom. The van der Waals surface area contributed by atoms with Gasteiger partial charge in [-0.2, -0.15) is 0 Å². The number of aliphatic hydroxyl groups is 1. The van der Waals surface area contributed by atoms with Crippen molar-refractivity contribution < 1.29 is 23.1 Å².